The minimum Gasteiger partial charge on any atom is -0.306 e. The molecule has 1 fully saturated rings. The summed E-state index contributed by atoms with van der Waals surface area (Å²) in [5.41, 5.74) is 1.09. The van der Waals surface area contributed by atoms with Crippen molar-refractivity contribution in [2.45, 2.75) is 38.3 Å². The SMILES string of the molecule is O=C(Cn1nc(C2CC2)cc1C(F)F)Nc1nn(Cc2ccc(Cl)cc2Cl)cc1Cl. The number of alkyl halides is 2. The van der Waals surface area contributed by atoms with Crippen LogP contribution in [0.15, 0.2) is 30.5 Å². The van der Waals surface area contributed by atoms with Gasteiger partial charge in [0, 0.05) is 22.2 Å². The molecule has 0 spiro atoms. The number of benzene rings is 1. The first-order valence-corrected chi connectivity index (χ1v) is 10.3. The van der Waals surface area contributed by atoms with Gasteiger partial charge in [-0.15, -0.1) is 0 Å². The lowest BCUT2D eigenvalue weighted by Crippen LogP contribution is -2.21. The van der Waals surface area contributed by atoms with Crippen molar-refractivity contribution < 1.29 is 13.6 Å². The highest BCUT2D eigenvalue weighted by atomic mass is 35.5. The second kappa shape index (κ2) is 8.53. The Morgan fingerprint density at radius 3 is 2.60 bits per heavy atom. The van der Waals surface area contributed by atoms with Crippen LogP contribution in [-0.2, 0) is 17.9 Å². The number of nitrogens with one attached hydrogen (secondary N) is 1. The molecular weight excluding hydrogens is 459 g/mol. The van der Waals surface area contributed by atoms with Gasteiger partial charge in [-0.1, -0.05) is 40.9 Å². The number of rotatable bonds is 7. The minimum atomic E-state index is -2.72. The fourth-order valence-corrected chi connectivity index (χ4v) is 3.69. The molecule has 1 aromatic carbocycles. The minimum absolute atomic E-state index is 0.125. The molecule has 0 aliphatic heterocycles. The molecule has 0 saturated heterocycles. The van der Waals surface area contributed by atoms with E-state index in [2.05, 4.69) is 15.5 Å². The van der Waals surface area contributed by atoms with Crippen LogP contribution in [0.4, 0.5) is 14.6 Å². The number of halogens is 5. The zero-order valence-corrected chi connectivity index (χ0v) is 17.7. The Balaban J connectivity index is 1.45. The number of hydrogen-bond acceptors (Lipinski definition) is 3. The van der Waals surface area contributed by atoms with Crippen LogP contribution in [0, 0.1) is 0 Å². The van der Waals surface area contributed by atoms with Crippen LogP contribution in [0.3, 0.4) is 0 Å². The zero-order chi connectivity index (χ0) is 21.4. The Morgan fingerprint density at radius 2 is 1.93 bits per heavy atom. The average Bonchev–Trinajstić information content (AvgIpc) is 3.35. The van der Waals surface area contributed by atoms with Crippen molar-refractivity contribution in [1.82, 2.24) is 19.6 Å². The summed E-state index contributed by atoms with van der Waals surface area (Å²) in [7, 11) is 0. The summed E-state index contributed by atoms with van der Waals surface area (Å²) in [6.07, 6.45) is 0.670. The smallest absolute Gasteiger partial charge is 0.280 e. The first-order chi connectivity index (χ1) is 14.3. The van der Waals surface area contributed by atoms with E-state index < -0.39 is 12.3 Å². The number of aromatic nitrogens is 4. The Kier molecular flexibility index (Phi) is 5.99. The van der Waals surface area contributed by atoms with Gasteiger partial charge in [0.25, 0.3) is 6.43 Å². The third-order valence-electron chi connectivity index (χ3n) is 4.66. The highest BCUT2D eigenvalue weighted by molar-refractivity contribution is 6.35. The summed E-state index contributed by atoms with van der Waals surface area (Å²) in [4.78, 5) is 12.4. The lowest BCUT2D eigenvalue weighted by molar-refractivity contribution is -0.117. The molecule has 0 atom stereocenters. The van der Waals surface area contributed by atoms with Gasteiger partial charge in [-0.25, -0.2) is 8.78 Å². The van der Waals surface area contributed by atoms with Crippen molar-refractivity contribution in [3.63, 3.8) is 0 Å². The third kappa shape index (κ3) is 4.77. The second-order valence-electron chi connectivity index (χ2n) is 7.03. The topological polar surface area (TPSA) is 64.7 Å². The van der Waals surface area contributed by atoms with E-state index in [1.165, 1.54) is 16.9 Å². The number of carbonyl (C=O) groups is 1. The van der Waals surface area contributed by atoms with Gasteiger partial charge in [0.2, 0.25) is 5.91 Å². The summed E-state index contributed by atoms with van der Waals surface area (Å²) in [6, 6.07) is 6.46. The monoisotopic (exact) mass is 473 g/mol. The summed E-state index contributed by atoms with van der Waals surface area (Å²) < 4.78 is 29.1. The Hall–Kier alpha value is -2.16. The quantitative estimate of drug-likeness (QED) is 0.489. The molecule has 1 aliphatic rings. The molecule has 6 nitrogen and oxygen atoms in total. The molecule has 2 heterocycles. The summed E-state index contributed by atoms with van der Waals surface area (Å²) >= 11 is 18.2. The van der Waals surface area contributed by atoms with Crippen LogP contribution in [0.5, 0.6) is 0 Å². The van der Waals surface area contributed by atoms with Gasteiger partial charge in [-0.2, -0.15) is 10.2 Å². The van der Waals surface area contributed by atoms with E-state index in [0.717, 1.165) is 23.1 Å². The van der Waals surface area contributed by atoms with E-state index in [9.17, 15) is 13.6 Å². The van der Waals surface area contributed by atoms with Crippen LogP contribution in [-0.4, -0.2) is 25.5 Å². The van der Waals surface area contributed by atoms with E-state index in [-0.39, 0.29) is 29.0 Å². The highest BCUT2D eigenvalue weighted by Gasteiger charge is 2.29. The first-order valence-electron chi connectivity index (χ1n) is 9.12. The van der Waals surface area contributed by atoms with Crippen LogP contribution >= 0.6 is 34.8 Å². The molecule has 1 N–H and O–H groups in total. The number of hydrogen-bond donors (Lipinski definition) is 1. The molecule has 11 heteroatoms. The van der Waals surface area contributed by atoms with Crippen LogP contribution in [0.25, 0.3) is 0 Å². The van der Waals surface area contributed by atoms with Crippen molar-refractivity contribution in [1.29, 1.82) is 0 Å². The maximum absolute atomic E-state index is 13.3. The van der Waals surface area contributed by atoms with Crippen molar-refractivity contribution in [2.24, 2.45) is 0 Å². The van der Waals surface area contributed by atoms with Gasteiger partial charge >= 0.3 is 0 Å². The van der Waals surface area contributed by atoms with Crippen LogP contribution in [0.1, 0.15) is 42.1 Å². The number of nitrogens with zero attached hydrogens (tertiary/aromatic N) is 4. The molecule has 3 aromatic rings. The van der Waals surface area contributed by atoms with Crippen LogP contribution < -0.4 is 5.32 Å². The second-order valence-corrected chi connectivity index (χ2v) is 8.28. The Labute approximate surface area is 185 Å². The largest absolute Gasteiger partial charge is 0.306 e. The molecular formula is C19H16Cl3F2N5O. The molecule has 1 aliphatic carbocycles. The molecule has 0 unspecified atom stereocenters. The Bertz CT molecular complexity index is 1090. The Morgan fingerprint density at radius 1 is 1.17 bits per heavy atom. The van der Waals surface area contributed by atoms with Gasteiger partial charge in [-0.3, -0.25) is 14.2 Å². The standard InChI is InChI=1S/C19H16Cl3F2N5O/c20-12-4-3-11(13(21)5-12)7-28-8-14(22)19(27-28)25-17(30)9-29-16(18(23)24)6-15(26-29)10-1-2-10/h3-6,8,10,18H,1-2,7,9H2,(H,25,27,30). The van der Waals surface area contributed by atoms with Crippen molar-refractivity contribution in [3.8, 4) is 0 Å². The van der Waals surface area contributed by atoms with Gasteiger partial charge in [0.1, 0.15) is 17.3 Å². The molecule has 4 rings (SSSR count). The van der Waals surface area contributed by atoms with E-state index in [1.807, 2.05) is 0 Å². The van der Waals surface area contributed by atoms with Gasteiger partial charge in [-0.05, 0) is 36.6 Å². The lowest BCUT2D eigenvalue weighted by Gasteiger charge is -2.07. The molecule has 0 bridgehead atoms. The predicted octanol–water partition coefficient (Wildman–Crippen LogP) is 5.54. The predicted molar refractivity (Wildman–Crippen MR) is 111 cm³/mol. The van der Waals surface area contributed by atoms with E-state index in [0.29, 0.717) is 22.3 Å². The lowest BCUT2D eigenvalue weighted by atomic mass is 10.2. The molecule has 1 amide bonds. The normalized spacial score (nSPS) is 13.8. The highest BCUT2D eigenvalue weighted by Crippen LogP contribution is 2.40. The van der Waals surface area contributed by atoms with Crippen molar-refractivity contribution in [2.75, 3.05) is 5.32 Å². The van der Waals surface area contributed by atoms with Gasteiger partial charge in [0.15, 0.2) is 5.82 Å². The van der Waals surface area contributed by atoms with Crippen molar-refractivity contribution in [3.05, 3.63) is 62.5 Å². The maximum Gasteiger partial charge on any atom is 0.280 e. The molecule has 1 saturated carbocycles. The molecule has 158 valence electrons. The zero-order valence-electron chi connectivity index (χ0n) is 15.5. The number of anilines is 1. The van der Waals surface area contributed by atoms with E-state index in [4.69, 9.17) is 34.8 Å². The number of amides is 1. The average molecular weight is 475 g/mol. The van der Waals surface area contributed by atoms with E-state index >= 15 is 0 Å². The molecule has 0 radical (unpaired) electrons. The number of carbonyl (C=O) groups excluding carboxylic acids is 1. The summed E-state index contributed by atoms with van der Waals surface area (Å²) in [5.74, 6) is -0.226. The first kappa shape index (κ1) is 21.1. The fraction of sp³-hybridized carbons (Fsp3) is 0.316. The van der Waals surface area contributed by atoms with Crippen LogP contribution in [0.2, 0.25) is 15.1 Å². The fourth-order valence-electron chi connectivity index (χ4n) is 3.03. The summed E-state index contributed by atoms with van der Waals surface area (Å²) in [6.45, 7) is -0.0520. The van der Waals surface area contributed by atoms with Gasteiger partial charge in [0.05, 0.1) is 12.2 Å². The third-order valence-corrected chi connectivity index (χ3v) is 5.53. The van der Waals surface area contributed by atoms with E-state index in [1.54, 1.807) is 18.2 Å². The van der Waals surface area contributed by atoms with Gasteiger partial charge < -0.3 is 5.32 Å². The molecule has 2 aromatic heterocycles. The van der Waals surface area contributed by atoms with Crippen molar-refractivity contribution >= 4 is 46.5 Å². The summed E-state index contributed by atoms with van der Waals surface area (Å²) in [5, 5.41) is 12.1. The molecule has 30 heavy (non-hydrogen) atoms. The maximum atomic E-state index is 13.3.